The van der Waals surface area contributed by atoms with Crippen molar-refractivity contribution >= 4 is 23.0 Å². The molecule has 206 valence electrons. The molecule has 0 saturated carbocycles. The third-order valence-electron chi connectivity index (χ3n) is 7.72. The summed E-state index contributed by atoms with van der Waals surface area (Å²) in [6.07, 6.45) is 7.67. The van der Waals surface area contributed by atoms with Crippen molar-refractivity contribution in [3.05, 3.63) is 77.1 Å². The molecule has 2 fully saturated rings. The summed E-state index contributed by atoms with van der Waals surface area (Å²) in [6, 6.07) is 14.6. The molecule has 2 saturated heterocycles. The number of hydrogen-bond acceptors (Lipinski definition) is 6. The molecule has 2 aromatic carbocycles. The van der Waals surface area contributed by atoms with E-state index in [1.54, 1.807) is 30.2 Å². The predicted octanol–water partition coefficient (Wildman–Crippen LogP) is 4.69. The number of carbonyl (C=O) groups is 1. The Morgan fingerprint density at radius 3 is 2.46 bits per heavy atom. The van der Waals surface area contributed by atoms with Gasteiger partial charge in [-0.25, -0.2) is 4.39 Å². The van der Waals surface area contributed by atoms with Gasteiger partial charge in [-0.05, 0) is 75.1 Å². The minimum Gasteiger partial charge on any atom is -0.381 e. The maximum atomic E-state index is 14.7. The highest BCUT2D eigenvalue weighted by Gasteiger charge is 2.24. The fraction of sp³-hybridized carbons (Fsp3) is 0.419. The zero-order chi connectivity index (χ0) is 27.9. The average molecular weight is 532 g/mol. The Hall–Kier alpha value is -3.67. The van der Waals surface area contributed by atoms with Crippen LogP contribution in [-0.4, -0.2) is 63.3 Å². The van der Waals surface area contributed by atoms with Gasteiger partial charge < -0.3 is 25.2 Å². The number of ether oxygens (including phenoxy) is 1. The van der Waals surface area contributed by atoms with Gasteiger partial charge in [-0.1, -0.05) is 12.1 Å². The highest BCUT2D eigenvalue weighted by Crippen LogP contribution is 2.30. The Balaban J connectivity index is 1.65. The van der Waals surface area contributed by atoms with Crippen LogP contribution in [0.1, 0.15) is 43.7 Å². The number of rotatable bonds is 7. The van der Waals surface area contributed by atoms with Gasteiger partial charge in [0.2, 0.25) is 0 Å². The standard InChI is InChI=1S/C31H38FN5O2/c1-4-22(31(38)37-15-5-6-25(34)21-37)19-30(23-7-8-24(20-33)29(32)18-23)35(2)26-9-11-27(12-10-26)36-16-13-28(39-3)14-17-36/h4,7-12,18-19,25,28H,5-6,13-17,21,34H2,1-3H3/b22-4+,30-19-. The largest absolute Gasteiger partial charge is 0.381 e. The molecule has 7 nitrogen and oxygen atoms in total. The van der Waals surface area contributed by atoms with Crippen LogP contribution < -0.4 is 15.5 Å². The molecule has 0 bridgehead atoms. The fourth-order valence-electron chi connectivity index (χ4n) is 5.31. The number of amides is 1. The molecule has 0 radical (unpaired) electrons. The number of piperidine rings is 2. The Morgan fingerprint density at radius 1 is 1.15 bits per heavy atom. The van der Waals surface area contributed by atoms with Crippen LogP contribution in [0.3, 0.4) is 0 Å². The normalized spacial score (nSPS) is 19.1. The van der Waals surface area contributed by atoms with Gasteiger partial charge in [-0.3, -0.25) is 4.79 Å². The lowest BCUT2D eigenvalue weighted by atomic mass is 10.0. The second kappa shape index (κ2) is 12.9. The van der Waals surface area contributed by atoms with Gasteiger partial charge in [0, 0.05) is 74.6 Å². The number of allylic oxidation sites excluding steroid dienone is 1. The first-order valence-electron chi connectivity index (χ1n) is 13.6. The minimum absolute atomic E-state index is 0.0213. The first kappa shape index (κ1) is 28.3. The van der Waals surface area contributed by atoms with Crippen LogP contribution >= 0.6 is 0 Å². The van der Waals surface area contributed by atoms with Crippen LogP contribution in [0, 0.1) is 17.1 Å². The Morgan fingerprint density at radius 2 is 1.87 bits per heavy atom. The van der Waals surface area contributed by atoms with Crippen LogP contribution in [0.5, 0.6) is 0 Å². The third-order valence-corrected chi connectivity index (χ3v) is 7.72. The average Bonchev–Trinajstić information content (AvgIpc) is 2.97. The summed E-state index contributed by atoms with van der Waals surface area (Å²) in [7, 11) is 3.67. The molecule has 2 aliphatic heterocycles. The molecule has 2 N–H and O–H groups in total. The topological polar surface area (TPSA) is 85.8 Å². The highest BCUT2D eigenvalue weighted by atomic mass is 19.1. The summed E-state index contributed by atoms with van der Waals surface area (Å²) in [5, 5.41) is 9.22. The molecule has 0 spiro atoms. The number of methoxy groups -OCH3 is 1. The molecular weight excluding hydrogens is 493 g/mol. The number of nitriles is 1. The number of anilines is 2. The zero-order valence-corrected chi connectivity index (χ0v) is 23.1. The van der Waals surface area contributed by atoms with Crippen LogP contribution in [0.4, 0.5) is 15.8 Å². The number of halogens is 1. The van der Waals surface area contributed by atoms with Crippen molar-refractivity contribution in [2.24, 2.45) is 5.73 Å². The molecule has 2 aliphatic rings. The van der Waals surface area contributed by atoms with Gasteiger partial charge in [-0.15, -0.1) is 0 Å². The van der Waals surface area contributed by atoms with Gasteiger partial charge >= 0.3 is 0 Å². The van der Waals surface area contributed by atoms with E-state index in [2.05, 4.69) is 17.0 Å². The van der Waals surface area contributed by atoms with Crippen molar-refractivity contribution in [2.75, 3.05) is 50.1 Å². The number of hydrogen-bond donors (Lipinski definition) is 1. The van der Waals surface area contributed by atoms with E-state index in [1.165, 1.54) is 12.1 Å². The summed E-state index contributed by atoms with van der Waals surface area (Å²) in [5.41, 5.74) is 9.87. The number of likely N-dealkylation sites (tertiary alicyclic amines) is 1. The Labute approximate surface area is 230 Å². The lowest BCUT2D eigenvalue weighted by Gasteiger charge is -2.33. The molecule has 2 heterocycles. The Kier molecular flexibility index (Phi) is 9.39. The van der Waals surface area contributed by atoms with Gasteiger partial charge in [0.05, 0.1) is 11.7 Å². The number of carbonyl (C=O) groups excluding carboxylic acids is 1. The highest BCUT2D eigenvalue weighted by molar-refractivity contribution is 5.99. The quantitative estimate of drug-likeness (QED) is 0.412. The molecule has 4 rings (SSSR count). The van der Waals surface area contributed by atoms with Crippen molar-refractivity contribution in [3.63, 3.8) is 0 Å². The van der Waals surface area contributed by atoms with E-state index in [0.717, 1.165) is 50.1 Å². The molecule has 1 amide bonds. The van der Waals surface area contributed by atoms with Crippen LogP contribution in [0.15, 0.2) is 60.2 Å². The first-order chi connectivity index (χ1) is 18.8. The predicted molar refractivity (Wildman–Crippen MR) is 154 cm³/mol. The minimum atomic E-state index is -0.598. The van der Waals surface area contributed by atoms with E-state index < -0.39 is 5.82 Å². The second-order valence-corrected chi connectivity index (χ2v) is 10.2. The van der Waals surface area contributed by atoms with Crippen LogP contribution in [-0.2, 0) is 9.53 Å². The Bertz CT molecular complexity index is 1260. The smallest absolute Gasteiger partial charge is 0.253 e. The maximum Gasteiger partial charge on any atom is 0.253 e. The lowest BCUT2D eigenvalue weighted by molar-refractivity contribution is -0.127. The summed E-state index contributed by atoms with van der Waals surface area (Å²) in [5.74, 6) is -0.693. The number of nitrogens with two attached hydrogens (primary N) is 1. The van der Waals surface area contributed by atoms with Gasteiger partial charge in [-0.2, -0.15) is 5.26 Å². The second-order valence-electron chi connectivity index (χ2n) is 10.2. The van der Waals surface area contributed by atoms with Crippen molar-refractivity contribution < 1.29 is 13.9 Å². The van der Waals surface area contributed by atoms with E-state index in [0.29, 0.717) is 36.0 Å². The number of benzene rings is 2. The van der Waals surface area contributed by atoms with Crippen molar-refractivity contribution in [3.8, 4) is 6.07 Å². The van der Waals surface area contributed by atoms with Gasteiger partial charge in [0.1, 0.15) is 11.9 Å². The summed E-state index contributed by atoms with van der Waals surface area (Å²) < 4.78 is 20.2. The van der Waals surface area contributed by atoms with E-state index in [-0.39, 0.29) is 17.5 Å². The van der Waals surface area contributed by atoms with Gasteiger partial charge in [0.25, 0.3) is 5.91 Å². The van der Waals surface area contributed by atoms with E-state index in [1.807, 2.05) is 37.1 Å². The van der Waals surface area contributed by atoms with E-state index >= 15 is 0 Å². The molecule has 0 aliphatic carbocycles. The lowest BCUT2D eigenvalue weighted by Crippen LogP contribution is -2.46. The van der Waals surface area contributed by atoms with E-state index in [4.69, 9.17) is 10.5 Å². The maximum absolute atomic E-state index is 14.7. The summed E-state index contributed by atoms with van der Waals surface area (Å²) in [4.78, 5) is 19.5. The fourth-order valence-corrected chi connectivity index (χ4v) is 5.31. The van der Waals surface area contributed by atoms with Crippen molar-refractivity contribution in [1.82, 2.24) is 4.90 Å². The van der Waals surface area contributed by atoms with Crippen molar-refractivity contribution in [2.45, 2.75) is 44.8 Å². The molecule has 1 unspecified atom stereocenters. The molecule has 1 atom stereocenters. The molecule has 0 aromatic heterocycles. The van der Waals surface area contributed by atoms with Crippen LogP contribution in [0.2, 0.25) is 0 Å². The zero-order valence-electron chi connectivity index (χ0n) is 23.1. The monoisotopic (exact) mass is 531 g/mol. The SMILES string of the molecule is C/C=C(\C=C(\c1ccc(C#N)c(F)c1)N(C)c1ccc(N2CCC(OC)CC2)cc1)C(=O)N1CCCC(N)C1. The molecule has 8 heteroatoms. The summed E-state index contributed by atoms with van der Waals surface area (Å²) >= 11 is 0. The van der Waals surface area contributed by atoms with Gasteiger partial charge in [0.15, 0.2) is 0 Å². The molecular formula is C31H38FN5O2. The first-order valence-corrected chi connectivity index (χ1v) is 13.6. The van der Waals surface area contributed by atoms with E-state index in [9.17, 15) is 14.4 Å². The van der Waals surface area contributed by atoms with Crippen molar-refractivity contribution in [1.29, 1.82) is 5.26 Å². The third kappa shape index (κ3) is 6.67. The molecule has 39 heavy (non-hydrogen) atoms. The summed E-state index contributed by atoms with van der Waals surface area (Å²) in [6.45, 7) is 4.89. The number of nitrogens with zero attached hydrogens (tertiary/aromatic N) is 4. The van der Waals surface area contributed by atoms with Crippen LogP contribution in [0.25, 0.3) is 5.70 Å². The molecule has 2 aromatic rings.